The number of carbonyl (C=O) groups is 1. The third-order valence-electron chi connectivity index (χ3n) is 6.12. The fourth-order valence-electron chi connectivity index (χ4n) is 3.85. The minimum Gasteiger partial charge on any atom is -0.457 e. The molecule has 0 aromatic rings. The standard InChI is InChI=1S/C30H58NO7P/c1-3-5-7-9-10-11-12-13-14-15-16-17-18-19-20-22-25-35-27-29(28-37-39(33,34)36-26-24-31)38-30(32)23-21-8-6-4-2/h10-11,13-14,29H,3-9,12,15-28,31H2,1-2H3,(H,33,34)/b11-10-,14-13-. The van der Waals surface area contributed by atoms with E-state index in [9.17, 15) is 14.3 Å². The van der Waals surface area contributed by atoms with Crippen molar-refractivity contribution in [2.75, 3.05) is 33.0 Å². The zero-order valence-electron chi connectivity index (χ0n) is 24.9. The van der Waals surface area contributed by atoms with Gasteiger partial charge in [0.05, 0.1) is 19.8 Å². The van der Waals surface area contributed by atoms with Crippen molar-refractivity contribution in [1.82, 2.24) is 0 Å². The van der Waals surface area contributed by atoms with Crippen LogP contribution in [0.4, 0.5) is 0 Å². The van der Waals surface area contributed by atoms with Gasteiger partial charge >= 0.3 is 13.8 Å². The van der Waals surface area contributed by atoms with Gasteiger partial charge in [-0.15, -0.1) is 0 Å². The third-order valence-corrected chi connectivity index (χ3v) is 7.11. The van der Waals surface area contributed by atoms with Crippen molar-refractivity contribution < 1.29 is 32.8 Å². The molecule has 0 spiro atoms. The second-order valence-electron chi connectivity index (χ2n) is 9.97. The van der Waals surface area contributed by atoms with Gasteiger partial charge < -0.3 is 20.1 Å². The Morgan fingerprint density at radius 1 is 0.769 bits per heavy atom. The lowest BCUT2D eigenvalue weighted by atomic mass is 10.1. The first kappa shape index (κ1) is 38.0. The van der Waals surface area contributed by atoms with E-state index in [1.54, 1.807) is 0 Å². The lowest BCUT2D eigenvalue weighted by molar-refractivity contribution is -0.154. The highest BCUT2D eigenvalue weighted by Gasteiger charge is 2.25. The van der Waals surface area contributed by atoms with Gasteiger partial charge in [0, 0.05) is 19.6 Å². The van der Waals surface area contributed by atoms with Crippen molar-refractivity contribution in [2.45, 2.75) is 129 Å². The molecular weight excluding hydrogens is 517 g/mol. The number of hydrogen-bond donors (Lipinski definition) is 2. The monoisotopic (exact) mass is 575 g/mol. The Morgan fingerprint density at radius 3 is 2.03 bits per heavy atom. The van der Waals surface area contributed by atoms with Gasteiger partial charge in [-0.25, -0.2) is 4.57 Å². The normalized spacial score (nSPS) is 14.3. The Labute approximate surface area is 238 Å². The number of phosphoric acid groups is 1. The number of allylic oxidation sites excluding steroid dienone is 4. The molecule has 0 bridgehead atoms. The second kappa shape index (κ2) is 28.5. The maximum Gasteiger partial charge on any atom is 0.472 e. The van der Waals surface area contributed by atoms with E-state index in [4.69, 9.17) is 24.3 Å². The minimum absolute atomic E-state index is 0.0975. The molecule has 0 heterocycles. The molecule has 0 fully saturated rings. The number of hydrogen-bond acceptors (Lipinski definition) is 7. The first-order valence-corrected chi connectivity index (χ1v) is 16.8. The molecule has 230 valence electrons. The maximum atomic E-state index is 12.2. The highest BCUT2D eigenvalue weighted by Crippen LogP contribution is 2.43. The SMILES string of the molecule is CCCCC/C=C\C/C=C\CCCCCCCCOCC(COP(=O)(O)OCCN)OC(=O)CCCCCC. The zero-order chi connectivity index (χ0) is 28.9. The van der Waals surface area contributed by atoms with Gasteiger partial charge in [-0.05, 0) is 44.9 Å². The average molecular weight is 576 g/mol. The summed E-state index contributed by atoms with van der Waals surface area (Å²) in [4.78, 5) is 21.9. The van der Waals surface area contributed by atoms with Gasteiger partial charge in [0.1, 0.15) is 6.10 Å². The van der Waals surface area contributed by atoms with Crippen molar-refractivity contribution in [3.05, 3.63) is 24.3 Å². The van der Waals surface area contributed by atoms with Gasteiger partial charge in [0.2, 0.25) is 0 Å². The van der Waals surface area contributed by atoms with Crippen LogP contribution in [0.15, 0.2) is 24.3 Å². The molecule has 0 aromatic carbocycles. The van der Waals surface area contributed by atoms with Gasteiger partial charge in [-0.1, -0.05) is 95.9 Å². The summed E-state index contributed by atoms with van der Waals surface area (Å²) in [5.41, 5.74) is 5.30. The Morgan fingerprint density at radius 2 is 1.36 bits per heavy atom. The van der Waals surface area contributed by atoms with Crippen LogP contribution in [0.25, 0.3) is 0 Å². The first-order chi connectivity index (χ1) is 18.9. The van der Waals surface area contributed by atoms with Crippen LogP contribution in [0.1, 0.15) is 123 Å². The Balaban J connectivity index is 4.01. The van der Waals surface area contributed by atoms with E-state index in [1.807, 2.05) is 0 Å². The molecule has 3 N–H and O–H groups in total. The quantitative estimate of drug-likeness (QED) is 0.0402. The molecule has 0 rings (SSSR count). The molecule has 0 saturated heterocycles. The number of esters is 1. The van der Waals surface area contributed by atoms with Gasteiger partial charge in [0.25, 0.3) is 0 Å². The molecule has 2 atom stereocenters. The minimum atomic E-state index is -4.25. The molecule has 0 aliphatic carbocycles. The van der Waals surface area contributed by atoms with Crippen LogP contribution in [-0.4, -0.2) is 49.9 Å². The molecule has 8 nitrogen and oxygen atoms in total. The fraction of sp³-hybridized carbons (Fsp3) is 0.833. The predicted molar refractivity (Wildman–Crippen MR) is 160 cm³/mol. The largest absolute Gasteiger partial charge is 0.472 e. The molecule has 39 heavy (non-hydrogen) atoms. The van der Waals surface area contributed by atoms with Crippen molar-refractivity contribution in [3.63, 3.8) is 0 Å². The highest BCUT2D eigenvalue weighted by atomic mass is 31.2. The number of phosphoric ester groups is 1. The van der Waals surface area contributed by atoms with Gasteiger partial charge in [-0.3, -0.25) is 13.8 Å². The molecule has 0 aromatic heterocycles. The maximum absolute atomic E-state index is 12.2. The summed E-state index contributed by atoms with van der Waals surface area (Å²) >= 11 is 0. The van der Waals surface area contributed by atoms with E-state index in [1.165, 1.54) is 51.4 Å². The van der Waals surface area contributed by atoms with Crippen LogP contribution >= 0.6 is 7.82 Å². The van der Waals surface area contributed by atoms with E-state index in [0.717, 1.165) is 51.4 Å². The second-order valence-corrected chi connectivity index (χ2v) is 11.4. The van der Waals surface area contributed by atoms with Crippen LogP contribution in [-0.2, 0) is 27.9 Å². The van der Waals surface area contributed by atoms with Crippen LogP contribution in [0.2, 0.25) is 0 Å². The molecule has 0 saturated carbocycles. The summed E-state index contributed by atoms with van der Waals surface area (Å²) in [6.45, 7) is 4.72. The smallest absolute Gasteiger partial charge is 0.457 e. The van der Waals surface area contributed by atoms with E-state index in [-0.39, 0.29) is 32.3 Å². The Hall–Kier alpha value is -1.02. The van der Waals surface area contributed by atoms with Crippen molar-refractivity contribution in [1.29, 1.82) is 0 Å². The van der Waals surface area contributed by atoms with Crippen LogP contribution in [0, 0.1) is 0 Å². The topological polar surface area (TPSA) is 117 Å². The Kier molecular flexibility index (Phi) is 27.8. The van der Waals surface area contributed by atoms with Crippen LogP contribution in [0.3, 0.4) is 0 Å². The molecule has 0 amide bonds. The number of unbranched alkanes of at least 4 members (excludes halogenated alkanes) is 12. The average Bonchev–Trinajstić information content (AvgIpc) is 2.92. The summed E-state index contributed by atoms with van der Waals surface area (Å²) in [5, 5.41) is 0. The highest BCUT2D eigenvalue weighted by molar-refractivity contribution is 7.47. The van der Waals surface area contributed by atoms with Gasteiger partial charge in [-0.2, -0.15) is 0 Å². The number of nitrogens with two attached hydrogens (primary N) is 1. The summed E-state index contributed by atoms with van der Waals surface area (Å²) in [7, 11) is -4.25. The van der Waals surface area contributed by atoms with E-state index in [2.05, 4.69) is 38.2 Å². The lowest BCUT2D eigenvalue weighted by Crippen LogP contribution is -2.28. The number of rotatable bonds is 29. The summed E-state index contributed by atoms with van der Waals surface area (Å²) in [6, 6.07) is 0. The molecule has 0 aliphatic heterocycles. The molecule has 2 unspecified atom stereocenters. The molecular formula is C30H58NO7P. The summed E-state index contributed by atoms with van der Waals surface area (Å²) in [6.07, 6.45) is 26.7. The van der Waals surface area contributed by atoms with Crippen LogP contribution < -0.4 is 5.73 Å². The van der Waals surface area contributed by atoms with E-state index < -0.39 is 13.9 Å². The first-order valence-electron chi connectivity index (χ1n) is 15.3. The fourth-order valence-corrected chi connectivity index (χ4v) is 4.61. The number of carbonyl (C=O) groups excluding carboxylic acids is 1. The van der Waals surface area contributed by atoms with E-state index >= 15 is 0 Å². The number of ether oxygens (including phenoxy) is 2. The zero-order valence-corrected chi connectivity index (χ0v) is 25.8. The van der Waals surface area contributed by atoms with E-state index in [0.29, 0.717) is 13.0 Å². The lowest BCUT2D eigenvalue weighted by Gasteiger charge is -2.20. The van der Waals surface area contributed by atoms with Crippen LogP contribution in [0.5, 0.6) is 0 Å². The molecule has 0 aliphatic rings. The Bertz CT molecular complexity index is 657. The molecule has 0 radical (unpaired) electrons. The molecule has 9 heteroatoms. The predicted octanol–water partition coefficient (Wildman–Crippen LogP) is 7.79. The van der Waals surface area contributed by atoms with Gasteiger partial charge in [0.15, 0.2) is 0 Å². The van der Waals surface area contributed by atoms with Crippen molar-refractivity contribution in [3.8, 4) is 0 Å². The third kappa shape index (κ3) is 28.3. The van der Waals surface area contributed by atoms with Crippen molar-refractivity contribution >= 4 is 13.8 Å². The summed E-state index contributed by atoms with van der Waals surface area (Å²) in [5.74, 6) is -0.354. The van der Waals surface area contributed by atoms with Crippen molar-refractivity contribution in [2.24, 2.45) is 5.73 Å². The summed E-state index contributed by atoms with van der Waals surface area (Å²) < 4.78 is 32.8.